The largest absolute Gasteiger partial charge is 0.478 e. The molecule has 88 valence electrons. The number of carboxylic acids is 3. The molecule has 0 radical (unpaired) electrons. The van der Waals surface area contributed by atoms with Crippen LogP contribution in [0.5, 0.6) is 0 Å². The van der Waals surface area contributed by atoms with E-state index in [1.54, 1.807) is 0 Å². The summed E-state index contributed by atoms with van der Waals surface area (Å²) in [4.78, 5) is 32.7. The van der Waals surface area contributed by atoms with Crippen LogP contribution in [0.15, 0.2) is 18.7 Å². The summed E-state index contributed by atoms with van der Waals surface area (Å²) in [6, 6.07) is 2.12. The minimum absolute atomic E-state index is 0.227. The van der Waals surface area contributed by atoms with Gasteiger partial charge in [0, 0.05) is 0 Å². The van der Waals surface area contributed by atoms with Gasteiger partial charge in [0.25, 0.3) is 0 Å². The van der Waals surface area contributed by atoms with Crippen LogP contribution in [-0.4, -0.2) is 33.2 Å². The predicted octanol–water partition coefficient (Wildman–Crippen LogP) is 1.42. The average molecular weight is 236 g/mol. The molecule has 0 aromatic heterocycles. The molecule has 3 N–H and O–H groups in total. The highest BCUT2D eigenvalue weighted by molar-refractivity contribution is 6.09. The molecule has 1 aromatic rings. The van der Waals surface area contributed by atoms with Crippen molar-refractivity contribution in [2.24, 2.45) is 0 Å². The Morgan fingerprint density at radius 1 is 0.941 bits per heavy atom. The third-order valence-electron chi connectivity index (χ3n) is 2.07. The van der Waals surface area contributed by atoms with Crippen LogP contribution in [0.25, 0.3) is 6.08 Å². The van der Waals surface area contributed by atoms with Crippen LogP contribution in [0, 0.1) is 0 Å². The first-order valence-corrected chi connectivity index (χ1v) is 4.38. The Morgan fingerprint density at radius 2 is 1.35 bits per heavy atom. The van der Waals surface area contributed by atoms with E-state index in [-0.39, 0.29) is 5.56 Å². The highest BCUT2D eigenvalue weighted by atomic mass is 16.4. The monoisotopic (exact) mass is 236 g/mol. The molecule has 0 bridgehead atoms. The minimum Gasteiger partial charge on any atom is -0.478 e. The standard InChI is InChI=1S/C11H8O6/c1-2-5-3-6(9(12)13)8(11(16)17)7(4-5)10(14)15/h2-4H,1H2,(H,12,13)(H,14,15)(H,16,17). The highest BCUT2D eigenvalue weighted by Gasteiger charge is 2.24. The zero-order chi connectivity index (χ0) is 13.2. The third-order valence-corrected chi connectivity index (χ3v) is 2.07. The number of hydrogen-bond acceptors (Lipinski definition) is 3. The number of rotatable bonds is 4. The van der Waals surface area contributed by atoms with Gasteiger partial charge in [-0.05, 0) is 17.7 Å². The van der Waals surface area contributed by atoms with E-state index < -0.39 is 34.6 Å². The number of aromatic carboxylic acids is 3. The zero-order valence-corrected chi connectivity index (χ0v) is 8.51. The van der Waals surface area contributed by atoms with Gasteiger partial charge in [0.2, 0.25) is 0 Å². The van der Waals surface area contributed by atoms with Crippen molar-refractivity contribution < 1.29 is 29.7 Å². The van der Waals surface area contributed by atoms with Crippen LogP contribution in [0.3, 0.4) is 0 Å². The second kappa shape index (κ2) is 4.48. The molecule has 0 aliphatic carbocycles. The SMILES string of the molecule is C=Cc1cc(C(=O)O)c(C(=O)O)c(C(=O)O)c1. The van der Waals surface area contributed by atoms with Crippen molar-refractivity contribution in [2.45, 2.75) is 0 Å². The predicted molar refractivity (Wildman–Crippen MR) is 57.4 cm³/mol. The molecular formula is C11H8O6. The molecule has 0 aliphatic heterocycles. The van der Waals surface area contributed by atoms with Crippen molar-refractivity contribution in [3.05, 3.63) is 41.0 Å². The Hall–Kier alpha value is -2.63. The summed E-state index contributed by atoms with van der Waals surface area (Å²) in [5.74, 6) is -4.61. The molecule has 0 aliphatic rings. The van der Waals surface area contributed by atoms with E-state index in [0.717, 1.165) is 12.1 Å². The zero-order valence-electron chi connectivity index (χ0n) is 8.51. The molecule has 0 spiro atoms. The second-order valence-corrected chi connectivity index (χ2v) is 3.11. The van der Waals surface area contributed by atoms with E-state index in [2.05, 4.69) is 6.58 Å². The van der Waals surface area contributed by atoms with Crippen molar-refractivity contribution >= 4 is 24.0 Å². The minimum atomic E-state index is -1.60. The van der Waals surface area contributed by atoms with Gasteiger partial charge in [0.15, 0.2) is 0 Å². The maximum atomic E-state index is 10.9. The number of carboxylic acid groups (broad SMARTS) is 3. The van der Waals surface area contributed by atoms with Gasteiger partial charge in [-0.2, -0.15) is 0 Å². The van der Waals surface area contributed by atoms with Gasteiger partial charge in [0.05, 0.1) is 16.7 Å². The quantitative estimate of drug-likeness (QED) is 0.728. The topological polar surface area (TPSA) is 112 Å². The lowest BCUT2D eigenvalue weighted by Gasteiger charge is -2.07. The molecule has 6 heteroatoms. The first kappa shape index (κ1) is 12.4. The van der Waals surface area contributed by atoms with Crippen LogP contribution in [-0.2, 0) is 0 Å². The van der Waals surface area contributed by atoms with Crippen molar-refractivity contribution in [1.82, 2.24) is 0 Å². The lowest BCUT2D eigenvalue weighted by Crippen LogP contribution is -2.15. The smallest absolute Gasteiger partial charge is 0.337 e. The maximum Gasteiger partial charge on any atom is 0.337 e. The fourth-order valence-corrected chi connectivity index (χ4v) is 1.35. The molecule has 17 heavy (non-hydrogen) atoms. The lowest BCUT2D eigenvalue weighted by atomic mass is 9.97. The fraction of sp³-hybridized carbons (Fsp3) is 0. The van der Waals surface area contributed by atoms with Gasteiger partial charge in [-0.25, -0.2) is 14.4 Å². The molecule has 0 saturated carbocycles. The number of carbonyl (C=O) groups is 3. The van der Waals surface area contributed by atoms with Crippen LogP contribution in [0.4, 0.5) is 0 Å². The molecular weight excluding hydrogens is 228 g/mol. The summed E-state index contributed by atoms with van der Waals surface area (Å²) in [5, 5.41) is 26.6. The third kappa shape index (κ3) is 2.31. The summed E-state index contributed by atoms with van der Waals surface area (Å²) in [6.45, 7) is 3.37. The Kier molecular flexibility index (Phi) is 3.28. The summed E-state index contributed by atoms with van der Waals surface area (Å²) in [5.41, 5.74) is -1.67. The molecule has 1 rings (SSSR count). The van der Waals surface area contributed by atoms with Crippen molar-refractivity contribution in [3.63, 3.8) is 0 Å². The normalized spacial score (nSPS) is 9.65. The van der Waals surface area contributed by atoms with Gasteiger partial charge in [-0.1, -0.05) is 12.7 Å². The van der Waals surface area contributed by atoms with Gasteiger partial charge >= 0.3 is 17.9 Å². The summed E-state index contributed by atoms with van der Waals surface area (Å²) in [6.07, 6.45) is 1.24. The van der Waals surface area contributed by atoms with E-state index in [1.165, 1.54) is 6.08 Å². The number of benzene rings is 1. The molecule has 1 aromatic carbocycles. The first-order chi connectivity index (χ1) is 7.88. The van der Waals surface area contributed by atoms with Gasteiger partial charge in [-0.15, -0.1) is 0 Å². The van der Waals surface area contributed by atoms with Crippen LogP contribution >= 0.6 is 0 Å². The van der Waals surface area contributed by atoms with E-state index in [0.29, 0.717) is 0 Å². The molecule has 0 fully saturated rings. The molecule has 6 nitrogen and oxygen atoms in total. The van der Waals surface area contributed by atoms with Crippen molar-refractivity contribution in [3.8, 4) is 0 Å². The molecule has 0 heterocycles. The number of hydrogen-bond donors (Lipinski definition) is 3. The second-order valence-electron chi connectivity index (χ2n) is 3.11. The van der Waals surface area contributed by atoms with E-state index in [1.807, 2.05) is 0 Å². The Morgan fingerprint density at radius 3 is 1.59 bits per heavy atom. The Balaban J connectivity index is 3.73. The molecule has 0 atom stereocenters. The van der Waals surface area contributed by atoms with E-state index in [4.69, 9.17) is 15.3 Å². The summed E-state index contributed by atoms with van der Waals surface area (Å²) in [7, 11) is 0. The lowest BCUT2D eigenvalue weighted by molar-refractivity contribution is 0.0633. The highest BCUT2D eigenvalue weighted by Crippen LogP contribution is 2.19. The molecule has 0 unspecified atom stereocenters. The average Bonchev–Trinajstić information content (AvgIpc) is 2.26. The molecule has 0 saturated heterocycles. The Bertz CT molecular complexity index is 494. The van der Waals surface area contributed by atoms with Crippen LogP contribution in [0.2, 0.25) is 0 Å². The van der Waals surface area contributed by atoms with Crippen LogP contribution in [0.1, 0.15) is 36.6 Å². The van der Waals surface area contributed by atoms with E-state index >= 15 is 0 Å². The summed E-state index contributed by atoms with van der Waals surface area (Å²) >= 11 is 0. The van der Waals surface area contributed by atoms with Gasteiger partial charge < -0.3 is 15.3 Å². The van der Waals surface area contributed by atoms with Crippen LogP contribution < -0.4 is 0 Å². The fourth-order valence-electron chi connectivity index (χ4n) is 1.35. The van der Waals surface area contributed by atoms with E-state index in [9.17, 15) is 14.4 Å². The first-order valence-electron chi connectivity index (χ1n) is 4.38. The van der Waals surface area contributed by atoms with Gasteiger partial charge in [0.1, 0.15) is 0 Å². The Labute approximate surface area is 95.4 Å². The van der Waals surface area contributed by atoms with Gasteiger partial charge in [-0.3, -0.25) is 0 Å². The van der Waals surface area contributed by atoms with Crippen molar-refractivity contribution in [1.29, 1.82) is 0 Å². The molecule has 0 amide bonds. The maximum absolute atomic E-state index is 10.9. The van der Waals surface area contributed by atoms with Crippen molar-refractivity contribution in [2.75, 3.05) is 0 Å². The summed E-state index contributed by atoms with van der Waals surface area (Å²) < 4.78 is 0.